The molecule has 122 valence electrons. The topological polar surface area (TPSA) is 18.5 Å². The van der Waals surface area contributed by atoms with E-state index < -0.39 is 0 Å². The zero-order valence-corrected chi connectivity index (χ0v) is 14.2. The maximum atomic E-state index is 3.45. The SMILES string of the molecule is CC(C)N1CCN(c2ccc(CC3CCNCC3)cc2)CC1. The highest BCUT2D eigenvalue weighted by Crippen LogP contribution is 2.22. The molecule has 1 aromatic rings. The van der Waals surface area contributed by atoms with Crippen molar-refractivity contribution in [2.45, 2.75) is 39.2 Å². The summed E-state index contributed by atoms with van der Waals surface area (Å²) in [4.78, 5) is 5.11. The molecule has 0 aromatic heterocycles. The molecule has 2 heterocycles. The number of nitrogens with one attached hydrogen (secondary N) is 1. The van der Waals surface area contributed by atoms with Crippen molar-refractivity contribution >= 4 is 5.69 Å². The monoisotopic (exact) mass is 301 g/mol. The average molecular weight is 301 g/mol. The van der Waals surface area contributed by atoms with Gasteiger partial charge in [-0.3, -0.25) is 4.90 Å². The third kappa shape index (κ3) is 4.02. The third-order valence-electron chi connectivity index (χ3n) is 5.33. The molecule has 2 fully saturated rings. The van der Waals surface area contributed by atoms with E-state index in [1.165, 1.54) is 56.7 Å². The predicted molar refractivity (Wildman–Crippen MR) is 94.7 cm³/mol. The van der Waals surface area contributed by atoms with Gasteiger partial charge in [0.25, 0.3) is 0 Å². The Bertz CT molecular complexity index is 440. The van der Waals surface area contributed by atoms with E-state index in [1.807, 2.05) is 0 Å². The van der Waals surface area contributed by atoms with Crippen LogP contribution in [0.3, 0.4) is 0 Å². The van der Waals surface area contributed by atoms with Crippen molar-refractivity contribution < 1.29 is 0 Å². The van der Waals surface area contributed by atoms with E-state index in [-0.39, 0.29) is 0 Å². The molecule has 3 rings (SSSR count). The molecule has 2 saturated heterocycles. The van der Waals surface area contributed by atoms with Gasteiger partial charge in [0.2, 0.25) is 0 Å². The van der Waals surface area contributed by atoms with Crippen LogP contribution in [0.4, 0.5) is 5.69 Å². The molecule has 0 spiro atoms. The Kier molecular flexibility index (Phi) is 5.37. The van der Waals surface area contributed by atoms with Crippen molar-refractivity contribution in [3.05, 3.63) is 29.8 Å². The maximum absolute atomic E-state index is 3.45. The number of piperazine rings is 1. The van der Waals surface area contributed by atoms with Crippen LogP contribution in [0.25, 0.3) is 0 Å². The Morgan fingerprint density at radius 3 is 2.23 bits per heavy atom. The summed E-state index contributed by atoms with van der Waals surface area (Å²) in [7, 11) is 0. The Morgan fingerprint density at radius 2 is 1.64 bits per heavy atom. The fraction of sp³-hybridized carbons (Fsp3) is 0.684. The average Bonchev–Trinajstić information content (AvgIpc) is 2.57. The van der Waals surface area contributed by atoms with E-state index in [4.69, 9.17) is 0 Å². The van der Waals surface area contributed by atoms with Crippen LogP contribution in [-0.2, 0) is 6.42 Å². The van der Waals surface area contributed by atoms with Crippen LogP contribution in [0.5, 0.6) is 0 Å². The largest absolute Gasteiger partial charge is 0.369 e. The van der Waals surface area contributed by atoms with E-state index in [0.717, 1.165) is 19.0 Å². The quantitative estimate of drug-likeness (QED) is 0.922. The van der Waals surface area contributed by atoms with Crippen LogP contribution in [-0.4, -0.2) is 50.2 Å². The summed E-state index contributed by atoms with van der Waals surface area (Å²) in [6, 6.07) is 10.1. The molecule has 0 radical (unpaired) electrons. The predicted octanol–water partition coefficient (Wildman–Crippen LogP) is 2.76. The fourth-order valence-corrected chi connectivity index (χ4v) is 3.76. The van der Waals surface area contributed by atoms with Gasteiger partial charge < -0.3 is 10.2 Å². The van der Waals surface area contributed by atoms with Crippen molar-refractivity contribution in [2.24, 2.45) is 5.92 Å². The Labute approximate surface area is 135 Å². The molecular weight excluding hydrogens is 270 g/mol. The van der Waals surface area contributed by atoms with Crippen molar-refractivity contribution in [3.63, 3.8) is 0 Å². The molecule has 22 heavy (non-hydrogen) atoms. The zero-order valence-electron chi connectivity index (χ0n) is 14.2. The van der Waals surface area contributed by atoms with E-state index >= 15 is 0 Å². The third-order valence-corrected chi connectivity index (χ3v) is 5.33. The molecular formula is C19H31N3. The molecule has 0 saturated carbocycles. The maximum Gasteiger partial charge on any atom is 0.0367 e. The zero-order chi connectivity index (χ0) is 15.4. The summed E-state index contributed by atoms with van der Waals surface area (Å²) in [5, 5.41) is 3.45. The van der Waals surface area contributed by atoms with Crippen LogP contribution in [0.1, 0.15) is 32.3 Å². The number of benzene rings is 1. The number of rotatable bonds is 4. The molecule has 2 aliphatic heterocycles. The van der Waals surface area contributed by atoms with Crippen LogP contribution in [0.15, 0.2) is 24.3 Å². The summed E-state index contributed by atoms with van der Waals surface area (Å²) in [5.74, 6) is 0.877. The summed E-state index contributed by atoms with van der Waals surface area (Å²) in [6.07, 6.45) is 3.92. The lowest BCUT2D eigenvalue weighted by atomic mass is 9.91. The van der Waals surface area contributed by atoms with Gasteiger partial charge in [-0.25, -0.2) is 0 Å². The summed E-state index contributed by atoms with van der Waals surface area (Å²) >= 11 is 0. The molecule has 2 aliphatic rings. The van der Waals surface area contributed by atoms with Crippen molar-refractivity contribution in [1.82, 2.24) is 10.2 Å². The van der Waals surface area contributed by atoms with Crippen molar-refractivity contribution in [2.75, 3.05) is 44.2 Å². The lowest BCUT2D eigenvalue weighted by Crippen LogP contribution is -2.48. The Balaban J connectivity index is 1.53. The first-order valence-electron chi connectivity index (χ1n) is 9.01. The molecule has 3 heteroatoms. The smallest absolute Gasteiger partial charge is 0.0367 e. The Hall–Kier alpha value is -1.06. The number of hydrogen-bond donors (Lipinski definition) is 1. The normalized spacial score (nSPS) is 21.5. The van der Waals surface area contributed by atoms with Gasteiger partial charge >= 0.3 is 0 Å². The standard InChI is InChI=1S/C19H31N3/c1-16(2)21-11-13-22(14-12-21)19-5-3-17(4-6-19)15-18-7-9-20-10-8-18/h3-6,16,18,20H,7-15H2,1-2H3. The first-order valence-corrected chi connectivity index (χ1v) is 9.01. The molecule has 3 nitrogen and oxygen atoms in total. The highest BCUT2D eigenvalue weighted by molar-refractivity contribution is 5.48. The van der Waals surface area contributed by atoms with E-state index in [0.29, 0.717) is 6.04 Å². The number of hydrogen-bond acceptors (Lipinski definition) is 3. The molecule has 0 bridgehead atoms. The first-order chi connectivity index (χ1) is 10.7. The number of nitrogens with zero attached hydrogens (tertiary/aromatic N) is 2. The molecule has 0 aliphatic carbocycles. The summed E-state index contributed by atoms with van der Waals surface area (Å²) in [6.45, 7) is 11.7. The second kappa shape index (κ2) is 7.47. The Morgan fingerprint density at radius 1 is 1.00 bits per heavy atom. The minimum atomic E-state index is 0.675. The first kappa shape index (κ1) is 15.8. The highest BCUT2D eigenvalue weighted by atomic mass is 15.3. The molecule has 0 atom stereocenters. The van der Waals surface area contributed by atoms with Crippen molar-refractivity contribution in [3.8, 4) is 0 Å². The van der Waals surface area contributed by atoms with E-state index in [2.05, 4.69) is 53.2 Å². The minimum absolute atomic E-state index is 0.675. The van der Waals surface area contributed by atoms with Crippen LogP contribution < -0.4 is 10.2 Å². The van der Waals surface area contributed by atoms with Gasteiger partial charge in [-0.2, -0.15) is 0 Å². The number of piperidine rings is 1. The summed E-state index contributed by atoms with van der Waals surface area (Å²) in [5.41, 5.74) is 2.91. The second-order valence-corrected chi connectivity index (χ2v) is 7.18. The lowest BCUT2D eigenvalue weighted by molar-refractivity contribution is 0.209. The van der Waals surface area contributed by atoms with Gasteiger partial charge in [-0.1, -0.05) is 12.1 Å². The fourth-order valence-electron chi connectivity index (χ4n) is 3.76. The summed E-state index contributed by atoms with van der Waals surface area (Å²) < 4.78 is 0. The second-order valence-electron chi connectivity index (χ2n) is 7.18. The molecule has 1 N–H and O–H groups in total. The van der Waals surface area contributed by atoms with Crippen LogP contribution in [0, 0.1) is 5.92 Å². The van der Waals surface area contributed by atoms with Crippen LogP contribution >= 0.6 is 0 Å². The van der Waals surface area contributed by atoms with Crippen LogP contribution in [0.2, 0.25) is 0 Å². The molecule has 0 amide bonds. The highest BCUT2D eigenvalue weighted by Gasteiger charge is 2.19. The molecule has 0 unspecified atom stereocenters. The van der Waals surface area contributed by atoms with Gasteiger partial charge in [0, 0.05) is 37.9 Å². The lowest BCUT2D eigenvalue weighted by Gasteiger charge is -2.38. The van der Waals surface area contributed by atoms with Gasteiger partial charge in [-0.15, -0.1) is 0 Å². The van der Waals surface area contributed by atoms with Gasteiger partial charge in [-0.05, 0) is 69.8 Å². The van der Waals surface area contributed by atoms with Gasteiger partial charge in [0.05, 0.1) is 0 Å². The van der Waals surface area contributed by atoms with Crippen molar-refractivity contribution in [1.29, 1.82) is 0 Å². The van der Waals surface area contributed by atoms with Gasteiger partial charge in [0.15, 0.2) is 0 Å². The van der Waals surface area contributed by atoms with Gasteiger partial charge in [0.1, 0.15) is 0 Å². The van der Waals surface area contributed by atoms with E-state index in [9.17, 15) is 0 Å². The number of anilines is 1. The molecule has 1 aromatic carbocycles. The van der Waals surface area contributed by atoms with E-state index in [1.54, 1.807) is 0 Å². The minimum Gasteiger partial charge on any atom is -0.369 e.